The molecule has 2 rings (SSSR count). The molecule has 19 heavy (non-hydrogen) atoms. The normalized spacial score (nSPS) is 21.0. The lowest BCUT2D eigenvalue weighted by atomic mass is 10.2. The Morgan fingerprint density at radius 1 is 1.42 bits per heavy atom. The van der Waals surface area contributed by atoms with Gasteiger partial charge in [0.15, 0.2) is 5.17 Å². The molecule has 5 nitrogen and oxygen atoms in total. The summed E-state index contributed by atoms with van der Waals surface area (Å²) in [4.78, 5) is 22.2. The van der Waals surface area contributed by atoms with Gasteiger partial charge in [0.1, 0.15) is 0 Å². The maximum absolute atomic E-state index is 11.5. The van der Waals surface area contributed by atoms with Crippen LogP contribution in [0.25, 0.3) is 0 Å². The molecule has 1 heterocycles. The van der Waals surface area contributed by atoms with E-state index in [1.165, 1.54) is 0 Å². The van der Waals surface area contributed by atoms with E-state index in [-0.39, 0.29) is 12.3 Å². The van der Waals surface area contributed by atoms with Gasteiger partial charge in [-0.25, -0.2) is 0 Å². The minimum atomic E-state index is -0.540. The van der Waals surface area contributed by atoms with Crippen molar-refractivity contribution in [2.45, 2.75) is 11.7 Å². The Bertz CT molecular complexity index is 545. The first-order valence-corrected chi connectivity index (χ1v) is 6.73. The third kappa shape index (κ3) is 4.18. The molecule has 0 aromatic heterocycles. The molecule has 0 spiro atoms. The van der Waals surface area contributed by atoms with Gasteiger partial charge in [0.25, 0.3) is 0 Å². The van der Waals surface area contributed by atoms with Crippen LogP contribution in [-0.2, 0) is 9.59 Å². The van der Waals surface area contributed by atoms with Crippen molar-refractivity contribution >= 4 is 45.9 Å². The topological polar surface area (TPSA) is 70.9 Å². The summed E-state index contributed by atoms with van der Waals surface area (Å²) in [6.07, 6.45) is 1.57. The molecular weight excluding hydrogens is 286 g/mol. The van der Waals surface area contributed by atoms with Crippen molar-refractivity contribution < 1.29 is 9.59 Å². The first-order valence-electron chi connectivity index (χ1n) is 5.47. The zero-order chi connectivity index (χ0) is 13.7. The lowest BCUT2D eigenvalue weighted by Gasteiger charge is -1.97. The number of halogens is 1. The fourth-order valence-electron chi connectivity index (χ4n) is 1.42. The molecule has 1 amide bonds. The second-order valence-electron chi connectivity index (χ2n) is 3.72. The summed E-state index contributed by atoms with van der Waals surface area (Å²) in [7, 11) is 0. The average molecular weight is 296 g/mol. The maximum atomic E-state index is 11.5. The minimum Gasteiger partial charge on any atom is -0.303 e. The number of nitrogens with zero attached hydrogens (tertiary/aromatic N) is 2. The van der Waals surface area contributed by atoms with Crippen LogP contribution < -0.4 is 5.32 Å². The molecule has 98 valence electrons. The van der Waals surface area contributed by atoms with Crippen LogP contribution in [0.15, 0.2) is 40.5 Å². The molecule has 0 aliphatic carbocycles. The fraction of sp³-hybridized carbons (Fsp3) is 0.167. The predicted octanol–water partition coefficient (Wildman–Crippen LogP) is 1.76. The molecule has 0 radical (unpaired) electrons. The molecule has 7 heteroatoms. The minimum absolute atomic E-state index is 0.0144. The number of rotatable bonds is 4. The number of carbonyl (C=O) groups excluding carboxylic acids is 2. The number of hydrogen-bond donors (Lipinski definition) is 1. The number of carbonyl (C=O) groups is 2. The SMILES string of the molecule is O=C(Cl)CC1SC(=NN=Cc2ccccc2)NC1=O. The van der Waals surface area contributed by atoms with E-state index in [4.69, 9.17) is 11.6 Å². The number of amidine groups is 1. The molecule has 1 fully saturated rings. The zero-order valence-corrected chi connectivity index (χ0v) is 11.3. The third-order valence-electron chi connectivity index (χ3n) is 2.28. The Morgan fingerprint density at radius 3 is 2.84 bits per heavy atom. The van der Waals surface area contributed by atoms with Crippen LogP contribution in [0.1, 0.15) is 12.0 Å². The summed E-state index contributed by atoms with van der Waals surface area (Å²) in [6.45, 7) is 0. The number of benzene rings is 1. The smallest absolute Gasteiger partial charge is 0.240 e. The van der Waals surface area contributed by atoms with Gasteiger partial charge in [-0.2, -0.15) is 5.10 Å². The summed E-state index contributed by atoms with van der Waals surface area (Å²) in [5, 5.41) is 9.63. The largest absolute Gasteiger partial charge is 0.303 e. The lowest BCUT2D eigenvalue weighted by Crippen LogP contribution is -2.25. The van der Waals surface area contributed by atoms with E-state index in [2.05, 4.69) is 15.5 Å². The van der Waals surface area contributed by atoms with E-state index in [9.17, 15) is 9.59 Å². The van der Waals surface area contributed by atoms with Crippen molar-refractivity contribution in [3.05, 3.63) is 35.9 Å². The molecule has 0 saturated carbocycles. The molecule has 1 aromatic rings. The Balaban J connectivity index is 1.96. The standard InChI is InChI=1S/C12H10ClN3O2S/c13-10(17)6-9-11(18)15-12(19-9)16-14-7-8-4-2-1-3-5-8/h1-5,7,9H,6H2,(H,15,16,18). The van der Waals surface area contributed by atoms with Gasteiger partial charge in [0, 0.05) is 6.42 Å². The van der Waals surface area contributed by atoms with Gasteiger partial charge in [-0.15, -0.1) is 5.10 Å². The molecule has 1 unspecified atom stereocenters. The molecule has 1 aliphatic heterocycles. The van der Waals surface area contributed by atoms with Crippen LogP contribution in [0.3, 0.4) is 0 Å². The molecule has 1 aromatic carbocycles. The number of hydrogen-bond acceptors (Lipinski definition) is 5. The van der Waals surface area contributed by atoms with Gasteiger partial charge in [-0.05, 0) is 17.2 Å². The van der Waals surface area contributed by atoms with Gasteiger partial charge < -0.3 is 5.32 Å². The Hall–Kier alpha value is -1.66. The maximum Gasteiger partial charge on any atom is 0.240 e. The number of amides is 1. The first kappa shape index (κ1) is 13.8. The van der Waals surface area contributed by atoms with E-state index in [1.807, 2.05) is 30.3 Å². The predicted molar refractivity (Wildman–Crippen MR) is 76.5 cm³/mol. The summed E-state index contributed by atoms with van der Waals surface area (Å²) in [6, 6.07) is 9.47. The van der Waals surface area contributed by atoms with E-state index >= 15 is 0 Å². The van der Waals surface area contributed by atoms with Crippen LogP contribution in [0.5, 0.6) is 0 Å². The number of nitrogens with one attached hydrogen (secondary N) is 1. The lowest BCUT2D eigenvalue weighted by molar-refractivity contribution is -0.121. The fourth-order valence-corrected chi connectivity index (χ4v) is 2.59. The molecular formula is C12H10ClN3O2S. The Labute approximate surface area is 119 Å². The van der Waals surface area contributed by atoms with Crippen LogP contribution in [0.2, 0.25) is 0 Å². The monoisotopic (exact) mass is 295 g/mol. The Morgan fingerprint density at radius 2 is 2.16 bits per heavy atom. The van der Waals surface area contributed by atoms with Crippen molar-refractivity contribution in [2.24, 2.45) is 10.2 Å². The summed E-state index contributed by atoms with van der Waals surface area (Å²) in [5.41, 5.74) is 0.911. The van der Waals surface area contributed by atoms with Crippen LogP contribution >= 0.6 is 23.4 Å². The summed E-state index contributed by atoms with van der Waals surface area (Å²) in [5.74, 6) is -0.271. The summed E-state index contributed by atoms with van der Waals surface area (Å²) >= 11 is 6.41. The molecule has 1 saturated heterocycles. The van der Waals surface area contributed by atoms with Gasteiger partial charge in [0.05, 0.1) is 11.5 Å². The van der Waals surface area contributed by atoms with Crippen molar-refractivity contribution in [1.82, 2.24) is 5.32 Å². The van der Waals surface area contributed by atoms with Crippen molar-refractivity contribution in [1.29, 1.82) is 0 Å². The quantitative estimate of drug-likeness (QED) is 0.523. The van der Waals surface area contributed by atoms with Crippen molar-refractivity contribution in [2.75, 3.05) is 0 Å². The molecule has 1 aliphatic rings. The van der Waals surface area contributed by atoms with Gasteiger partial charge in [-0.1, -0.05) is 42.1 Å². The number of thioether (sulfide) groups is 1. The third-order valence-corrected chi connectivity index (χ3v) is 3.50. The van der Waals surface area contributed by atoms with Crippen LogP contribution in [0.4, 0.5) is 0 Å². The highest BCUT2D eigenvalue weighted by molar-refractivity contribution is 8.15. The van der Waals surface area contributed by atoms with Crippen molar-refractivity contribution in [3.63, 3.8) is 0 Å². The first-order chi connectivity index (χ1) is 9.15. The molecule has 0 bridgehead atoms. The van der Waals surface area contributed by atoms with Gasteiger partial charge >= 0.3 is 0 Å². The molecule has 1 atom stereocenters. The zero-order valence-electron chi connectivity index (χ0n) is 9.75. The van der Waals surface area contributed by atoms with Gasteiger partial charge in [-0.3, -0.25) is 9.59 Å². The molecule has 1 N–H and O–H groups in total. The van der Waals surface area contributed by atoms with E-state index in [0.29, 0.717) is 5.17 Å². The van der Waals surface area contributed by atoms with E-state index in [0.717, 1.165) is 17.3 Å². The second-order valence-corrected chi connectivity index (χ2v) is 5.33. The van der Waals surface area contributed by atoms with Gasteiger partial charge in [0.2, 0.25) is 11.1 Å². The second kappa shape index (κ2) is 6.49. The van der Waals surface area contributed by atoms with Crippen LogP contribution in [0, 0.1) is 0 Å². The van der Waals surface area contributed by atoms with Crippen LogP contribution in [-0.4, -0.2) is 27.8 Å². The van der Waals surface area contributed by atoms with E-state index in [1.54, 1.807) is 6.21 Å². The highest BCUT2D eigenvalue weighted by Crippen LogP contribution is 2.23. The average Bonchev–Trinajstić information content (AvgIpc) is 2.70. The van der Waals surface area contributed by atoms with Crippen molar-refractivity contribution in [3.8, 4) is 0 Å². The summed E-state index contributed by atoms with van der Waals surface area (Å²) < 4.78 is 0. The highest BCUT2D eigenvalue weighted by atomic mass is 35.5. The Kier molecular flexibility index (Phi) is 4.70. The van der Waals surface area contributed by atoms with E-state index < -0.39 is 10.5 Å². The highest BCUT2D eigenvalue weighted by Gasteiger charge is 2.31.